The minimum Gasteiger partial charge on any atom is -0.462 e. The number of aromatic nitrogens is 1. The number of fused-ring (bicyclic) bond motifs is 9. The van der Waals surface area contributed by atoms with Gasteiger partial charge in [0.15, 0.2) is 0 Å². The molecule has 2 bridgehead atoms. The first kappa shape index (κ1) is 26.2. The summed E-state index contributed by atoms with van der Waals surface area (Å²) in [5.41, 5.74) is 1.94. The van der Waals surface area contributed by atoms with E-state index in [0.29, 0.717) is 11.3 Å². The minimum atomic E-state index is -0.475. The highest BCUT2D eigenvalue weighted by atomic mass is 32.2. The number of H-pyrrole nitrogens is 1. The molecule has 3 aromatic rings. The molecule has 2 aromatic carbocycles. The Morgan fingerprint density at radius 1 is 1.00 bits per heavy atom. The van der Waals surface area contributed by atoms with Crippen molar-refractivity contribution in [2.45, 2.75) is 29.5 Å². The molecule has 1 saturated heterocycles. The van der Waals surface area contributed by atoms with Crippen LogP contribution in [-0.4, -0.2) is 52.0 Å². The number of esters is 1. The highest BCUT2D eigenvalue weighted by Gasteiger charge is 2.69. The summed E-state index contributed by atoms with van der Waals surface area (Å²) < 4.78 is 4.98. The number of rotatable bonds is 6. The predicted octanol–water partition coefficient (Wildman–Crippen LogP) is 3.73. The maximum absolute atomic E-state index is 13.7. The molecule has 3 amide bonds. The summed E-state index contributed by atoms with van der Waals surface area (Å²) in [6, 6.07) is 16.4. The maximum Gasteiger partial charge on any atom is 0.338 e. The van der Waals surface area contributed by atoms with Crippen LogP contribution in [0.4, 0.5) is 5.69 Å². The lowest BCUT2D eigenvalue weighted by molar-refractivity contribution is -0.143. The number of amides is 3. The lowest BCUT2D eigenvalue weighted by Gasteiger charge is -2.43. The maximum atomic E-state index is 13.7. The van der Waals surface area contributed by atoms with E-state index in [-0.39, 0.29) is 58.8 Å². The lowest BCUT2D eigenvalue weighted by Crippen LogP contribution is -2.42. The fraction of sp³-hybridized carbons (Fsp3) is 0.367. The zero-order valence-electron chi connectivity index (χ0n) is 22.1. The van der Waals surface area contributed by atoms with Crippen LogP contribution >= 0.6 is 23.1 Å². The zero-order chi connectivity index (χ0) is 28.4. The number of hydrogen-bond acceptors (Lipinski definition) is 8. The summed E-state index contributed by atoms with van der Waals surface area (Å²) >= 11 is 2.88. The number of thioether (sulfide) groups is 1. The third kappa shape index (κ3) is 4.16. The van der Waals surface area contributed by atoms with Gasteiger partial charge in [0.1, 0.15) is 6.54 Å². The Morgan fingerprint density at radius 2 is 1.71 bits per heavy atom. The number of aromatic amines is 1. The molecule has 0 radical (unpaired) electrons. The largest absolute Gasteiger partial charge is 0.462 e. The molecule has 7 rings (SSSR count). The topological polar surface area (TPSA) is 126 Å². The molecule has 3 heterocycles. The van der Waals surface area contributed by atoms with Crippen molar-refractivity contribution < 1.29 is 23.9 Å². The second kappa shape index (κ2) is 9.99. The van der Waals surface area contributed by atoms with Crippen LogP contribution in [0, 0.1) is 29.6 Å². The van der Waals surface area contributed by atoms with Gasteiger partial charge in [-0.2, -0.15) is 0 Å². The number of nitrogens with one attached hydrogen (secondary N) is 2. The third-order valence-electron chi connectivity index (χ3n) is 8.96. The van der Waals surface area contributed by atoms with Crippen LogP contribution < -0.4 is 10.2 Å². The number of benzene rings is 2. The summed E-state index contributed by atoms with van der Waals surface area (Å²) in [5.74, 6) is -2.27. The van der Waals surface area contributed by atoms with Gasteiger partial charge in [-0.15, -0.1) is 11.8 Å². The van der Waals surface area contributed by atoms with Crippen molar-refractivity contribution in [2.75, 3.05) is 18.5 Å². The first-order valence-corrected chi connectivity index (χ1v) is 15.4. The van der Waals surface area contributed by atoms with Crippen LogP contribution in [0.25, 0.3) is 0 Å². The van der Waals surface area contributed by atoms with Gasteiger partial charge >= 0.3 is 10.8 Å². The molecular formula is C30H27N3O6S2. The molecule has 0 spiro atoms. The Labute approximate surface area is 243 Å². The average Bonchev–Trinajstić information content (AvgIpc) is 3.70. The minimum absolute atomic E-state index is 0.00186. The van der Waals surface area contributed by atoms with Crippen molar-refractivity contribution >= 4 is 52.5 Å². The average molecular weight is 590 g/mol. The summed E-state index contributed by atoms with van der Waals surface area (Å²) in [6.07, 6.45) is 0.796. The van der Waals surface area contributed by atoms with Gasteiger partial charge in [-0.25, -0.2) is 4.79 Å². The Kier molecular flexibility index (Phi) is 6.39. The molecule has 7 atom stereocenters. The van der Waals surface area contributed by atoms with E-state index in [2.05, 4.69) is 22.4 Å². The third-order valence-corrected chi connectivity index (χ3v) is 11.5. The van der Waals surface area contributed by atoms with Gasteiger partial charge < -0.3 is 15.0 Å². The van der Waals surface area contributed by atoms with Gasteiger partial charge in [-0.1, -0.05) is 41.7 Å². The van der Waals surface area contributed by atoms with Crippen LogP contribution in [0.1, 0.15) is 40.1 Å². The van der Waals surface area contributed by atoms with Crippen molar-refractivity contribution in [3.63, 3.8) is 0 Å². The Hall–Kier alpha value is -3.70. The molecule has 11 heteroatoms. The van der Waals surface area contributed by atoms with Crippen LogP contribution in [-0.2, 0) is 19.1 Å². The predicted molar refractivity (Wildman–Crippen MR) is 153 cm³/mol. The van der Waals surface area contributed by atoms with Gasteiger partial charge in [-0.3, -0.25) is 24.1 Å². The number of imide groups is 1. The van der Waals surface area contributed by atoms with Crippen molar-refractivity contribution in [3.8, 4) is 0 Å². The normalized spacial score (nSPS) is 29.2. The van der Waals surface area contributed by atoms with Gasteiger partial charge in [0.05, 0.1) is 29.0 Å². The van der Waals surface area contributed by atoms with E-state index in [4.69, 9.17) is 4.74 Å². The number of likely N-dealkylation sites (tertiary alicyclic amines) is 1. The van der Waals surface area contributed by atoms with Crippen LogP contribution in [0.15, 0.2) is 64.4 Å². The Balaban J connectivity index is 1.11. The monoisotopic (exact) mass is 589 g/mol. The van der Waals surface area contributed by atoms with Crippen molar-refractivity contribution in [3.05, 3.63) is 80.3 Å². The van der Waals surface area contributed by atoms with Crippen molar-refractivity contribution in [1.82, 2.24) is 9.88 Å². The molecular weight excluding hydrogens is 562 g/mol. The number of carbonyl (C=O) groups is 4. The molecule has 1 aromatic heterocycles. The van der Waals surface area contributed by atoms with Crippen LogP contribution in [0.5, 0.6) is 0 Å². The van der Waals surface area contributed by atoms with Gasteiger partial charge in [0, 0.05) is 21.7 Å². The first-order valence-electron chi connectivity index (χ1n) is 13.7. The summed E-state index contributed by atoms with van der Waals surface area (Å²) in [7, 11) is 0. The molecule has 2 saturated carbocycles. The summed E-state index contributed by atoms with van der Waals surface area (Å²) in [5, 5.41) is 3.71. The molecule has 2 N–H and O–H groups in total. The summed E-state index contributed by atoms with van der Waals surface area (Å²) in [4.78, 5) is 69.6. The van der Waals surface area contributed by atoms with E-state index in [0.717, 1.165) is 26.8 Å². The van der Waals surface area contributed by atoms with Gasteiger partial charge in [0.2, 0.25) is 17.7 Å². The Bertz CT molecular complexity index is 1620. The molecule has 210 valence electrons. The number of carbonyl (C=O) groups excluding carboxylic acids is 4. The van der Waals surface area contributed by atoms with Crippen LogP contribution in [0.3, 0.4) is 0 Å². The number of nitrogens with zero attached hydrogens (tertiary/aromatic N) is 1. The van der Waals surface area contributed by atoms with Gasteiger partial charge in [-0.05, 0) is 60.9 Å². The molecule has 4 aliphatic rings. The van der Waals surface area contributed by atoms with Gasteiger partial charge in [0.25, 0.3) is 0 Å². The van der Waals surface area contributed by atoms with Crippen molar-refractivity contribution in [2.24, 2.45) is 29.6 Å². The van der Waals surface area contributed by atoms with E-state index in [1.54, 1.807) is 43.0 Å². The second-order valence-corrected chi connectivity index (χ2v) is 13.2. The molecule has 3 fully saturated rings. The van der Waals surface area contributed by atoms with E-state index in [9.17, 15) is 24.0 Å². The fourth-order valence-corrected chi connectivity index (χ4v) is 10.4. The zero-order valence-corrected chi connectivity index (χ0v) is 23.7. The number of anilines is 1. The molecule has 41 heavy (non-hydrogen) atoms. The quantitative estimate of drug-likeness (QED) is 0.332. The number of thiazole rings is 1. The highest BCUT2D eigenvalue weighted by molar-refractivity contribution is 8.00. The molecule has 2 aliphatic carbocycles. The van der Waals surface area contributed by atoms with E-state index < -0.39 is 23.7 Å². The standard InChI is InChI=1S/C30H27N3O6S2/c1-2-39-29(37)15-8-10-16(11-9-15)31-19(34)13-33-27(35)22-17-12-18(23(22)28(33)36)24-21(17)20(14-6-4-3-5-7-14)25-26(40-24)32-30(38)41-25/h3-11,17-18,20-24H,2,12-13H2,1H3,(H,31,34)(H,32,38). The smallest absolute Gasteiger partial charge is 0.338 e. The van der Waals surface area contributed by atoms with E-state index in [1.165, 1.54) is 11.3 Å². The molecule has 2 aliphatic heterocycles. The SMILES string of the molecule is CCOC(=O)c1ccc(NC(=O)CN2C(=O)C3C4CC(C3C2=O)C2C(c3ccccc3)c3sc(=O)[nH]c3SC42)cc1. The first-order chi connectivity index (χ1) is 19.9. The van der Waals surface area contributed by atoms with Crippen LogP contribution in [0.2, 0.25) is 0 Å². The number of ether oxygens (including phenoxy) is 1. The fourth-order valence-electron chi connectivity index (χ4n) is 7.52. The lowest BCUT2D eigenvalue weighted by atomic mass is 9.68. The van der Waals surface area contributed by atoms with E-state index in [1.807, 2.05) is 18.2 Å². The van der Waals surface area contributed by atoms with Crippen molar-refractivity contribution in [1.29, 1.82) is 0 Å². The Morgan fingerprint density at radius 3 is 2.41 bits per heavy atom. The second-order valence-electron chi connectivity index (χ2n) is 11.0. The summed E-state index contributed by atoms with van der Waals surface area (Å²) in [6.45, 7) is 1.64. The number of hydrogen-bond donors (Lipinski definition) is 2. The molecule has 7 unspecified atom stereocenters. The highest BCUT2D eigenvalue weighted by Crippen LogP contribution is 2.68. The van der Waals surface area contributed by atoms with E-state index >= 15 is 0 Å². The molecule has 9 nitrogen and oxygen atoms in total.